The van der Waals surface area contributed by atoms with E-state index in [1.807, 2.05) is 20.8 Å². The number of hydrogen-bond donors (Lipinski definition) is 2. The monoisotopic (exact) mass is 349 g/mol. The molecular formula is C17H23N3O3S. The molecular weight excluding hydrogens is 326 g/mol. The van der Waals surface area contributed by atoms with Crippen molar-refractivity contribution < 1.29 is 13.2 Å². The molecule has 7 heteroatoms. The molecule has 2 rings (SSSR count). The number of anilines is 2. The van der Waals surface area contributed by atoms with Gasteiger partial charge in [-0.2, -0.15) is 0 Å². The second kappa shape index (κ2) is 7.09. The molecule has 0 saturated carbocycles. The van der Waals surface area contributed by atoms with Crippen molar-refractivity contribution in [1.82, 2.24) is 4.98 Å². The Labute approximate surface area is 143 Å². The van der Waals surface area contributed by atoms with Gasteiger partial charge in [-0.3, -0.25) is 4.72 Å². The Morgan fingerprint density at radius 1 is 1.12 bits per heavy atom. The Hall–Kier alpha value is -2.28. The summed E-state index contributed by atoms with van der Waals surface area (Å²) in [7, 11) is -2.16. The summed E-state index contributed by atoms with van der Waals surface area (Å²) in [6, 6.07) is 7.02. The minimum absolute atomic E-state index is 0.215. The minimum Gasteiger partial charge on any atom is -0.496 e. The Kier molecular flexibility index (Phi) is 5.33. The van der Waals surface area contributed by atoms with Gasteiger partial charge in [0.15, 0.2) is 0 Å². The van der Waals surface area contributed by atoms with Crippen molar-refractivity contribution >= 4 is 21.5 Å². The highest BCUT2D eigenvalue weighted by Crippen LogP contribution is 2.26. The molecule has 0 saturated heterocycles. The van der Waals surface area contributed by atoms with Gasteiger partial charge < -0.3 is 10.1 Å². The van der Waals surface area contributed by atoms with E-state index < -0.39 is 10.0 Å². The highest BCUT2D eigenvalue weighted by molar-refractivity contribution is 7.92. The molecule has 0 bridgehead atoms. The number of sulfonamides is 1. The van der Waals surface area contributed by atoms with Crippen LogP contribution in [0.1, 0.15) is 25.0 Å². The average Bonchev–Trinajstić information content (AvgIpc) is 2.50. The molecule has 0 aliphatic carbocycles. The Morgan fingerprint density at radius 2 is 1.83 bits per heavy atom. The van der Waals surface area contributed by atoms with Crippen molar-refractivity contribution in [2.24, 2.45) is 0 Å². The fourth-order valence-electron chi connectivity index (χ4n) is 2.34. The number of benzene rings is 1. The number of aryl methyl sites for hydroxylation is 2. The standard InChI is InChI=1S/C17H23N3O3S/c1-11(2)19-14-6-7-17(18-10-14)20-24(21,22)16-9-12(3)15(23-5)8-13(16)4/h6-11,19H,1-5H3,(H,18,20). The summed E-state index contributed by atoms with van der Waals surface area (Å²) in [5.41, 5.74) is 2.21. The molecule has 2 N–H and O–H groups in total. The van der Waals surface area contributed by atoms with Crippen LogP contribution < -0.4 is 14.8 Å². The third-order valence-electron chi connectivity index (χ3n) is 3.44. The molecule has 0 aliphatic heterocycles. The molecule has 0 amide bonds. The van der Waals surface area contributed by atoms with Crippen molar-refractivity contribution in [3.8, 4) is 5.75 Å². The zero-order valence-corrected chi connectivity index (χ0v) is 15.4. The van der Waals surface area contributed by atoms with Crippen LogP contribution in [0.2, 0.25) is 0 Å². The Bertz CT molecular complexity index is 816. The van der Waals surface area contributed by atoms with Gasteiger partial charge in [0.2, 0.25) is 0 Å². The van der Waals surface area contributed by atoms with Gasteiger partial charge in [-0.15, -0.1) is 0 Å². The molecule has 0 atom stereocenters. The highest BCUT2D eigenvalue weighted by atomic mass is 32.2. The third kappa shape index (κ3) is 4.17. The summed E-state index contributed by atoms with van der Waals surface area (Å²) >= 11 is 0. The van der Waals surface area contributed by atoms with Crippen LogP contribution >= 0.6 is 0 Å². The van der Waals surface area contributed by atoms with Gasteiger partial charge in [0.05, 0.1) is 23.9 Å². The van der Waals surface area contributed by atoms with E-state index in [1.165, 1.54) is 0 Å². The van der Waals surface area contributed by atoms with Gasteiger partial charge in [0.25, 0.3) is 10.0 Å². The van der Waals surface area contributed by atoms with Gasteiger partial charge in [-0.1, -0.05) is 0 Å². The van der Waals surface area contributed by atoms with E-state index in [4.69, 9.17) is 4.74 Å². The molecule has 1 heterocycles. The fourth-order valence-corrected chi connectivity index (χ4v) is 3.66. The lowest BCUT2D eigenvalue weighted by molar-refractivity contribution is 0.411. The van der Waals surface area contributed by atoms with Crippen LogP contribution in [-0.2, 0) is 10.0 Å². The summed E-state index contributed by atoms with van der Waals surface area (Å²) in [6.45, 7) is 7.58. The quantitative estimate of drug-likeness (QED) is 0.836. The molecule has 1 aromatic carbocycles. The van der Waals surface area contributed by atoms with Crippen LogP contribution in [0.15, 0.2) is 35.4 Å². The molecule has 24 heavy (non-hydrogen) atoms. The molecule has 1 aromatic heterocycles. The molecule has 0 radical (unpaired) electrons. The van der Waals surface area contributed by atoms with Crippen molar-refractivity contribution in [3.05, 3.63) is 41.6 Å². The highest BCUT2D eigenvalue weighted by Gasteiger charge is 2.19. The normalized spacial score (nSPS) is 11.4. The van der Waals surface area contributed by atoms with Crippen molar-refractivity contribution in [2.75, 3.05) is 17.1 Å². The van der Waals surface area contributed by atoms with Gasteiger partial charge in [-0.05, 0) is 63.1 Å². The maximum atomic E-state index is 12.6. The van der Waals surface area contributed by atoms with Gasteiger partial charge in [-0.25, -0.2) is 13.4 Å². The third-order valence-corrected chi connectivity index (χ3v) is 4.94. The van der Waals surface area contributed by atoms with Crippen molar-refractivity contribution in [1.29, 1.82) is 0 Å². The number of nitrogens with one attached hydrogen (secondary N) is 2. The topological polar surface area (TPSA) is 80.3 Å². The van der Waals surface area contributed by atoms with E-state index in [9.17, 15) is 8.42 Å². The first-order valence-electron chi connectivity index (χ1n) is 7.63. The van der Waals surface area contributed by atoms with Gasteiger partial charge in [0, 0.05) is 6.04 Å². The number of hydrogen-bond acceptors (Lipinski definition) is 5. The van der Waals surface area contributed by atoms with Gasteiger partial charge in [0.1, 0.15) is 11.6 Å². The molecule has 0 fully saturated rings. The van der Waals surface area contributed by atoms with Crippen molar-refractivity contribution in [2.45, 2.75) is 38.6 Å². The van der Waals surface area contributed by atoms with Crippen LogP contribution in [0.5, 0.6) is 5.75 Å². The van der Waals surface area contributed by atoms with E-state index in [1.54, 1.807) is 44.5 Å². The van der Waals surface area contributed by atoms with E-state index in [0.29, 0.717) is 11.3 Å². The summed E-state index contributed by atoms with van der Waals surface area (Å²) in [4.78, 5) is 4.37. The van der Waals surface area contributed by atoms with E-state index in [2.05, 4.69) is 15.0 Å². The van der Waals surface area contributed by atoms with Crippen LogP contribution in [0.25, 0.3) is 0 Å². The summed E-state index contributed by atoms with van der Waals surface area (Å²) in [6.07, 6.45) is 1.60. The lowest BCUT2D eigenvalue weighted by Crippen LogP contribution is -2.16. The number of methoxy groups -OCH3 is 1. The van der Waals surface area contributed by atoms with E-state index >= 15 is 0 Å². The number of nitrogens with zero attached hydrogens (tertiary/aromatic N) is 1. The first-order valence-corrected chi connectivity index (χ1v) is 9.12. The first kappa shape index (κ1) is 18.1. The fraction of sp³-hybridized carbons (Fsp3) is 0.353. The molecule has 130 valence electrons. The zero-order chi connectivity index (χ0) is 17.9. The summed E-state index contributed by atoms with van der Waals surface area (Å²) in [5.74, 6) is 0.936. The number of ether oxygens (including phenoxy) is 1. The molecule has 2 aromatic rings. The van der Waals surface area contributed by atoms with E-state index in [-0.39, 0.29) is 16.8 Å². The predicted molar refractivity (Wildman–Crippen MR) is 96.3 cm³/mol. The molecule has 6 nitrogen and oxygen atoms in total. The predicted octanol–water partition coefficient (Wildman–Crippen LogP) is 3.33. The van der Waals surface area contributed by atoms with Crippen molar-refractivity contribution in [3.63, 3.8) is 0 Å². The maximum absolute atomic E-state index is 12.6. The molecule has 0 aliphatic rings. The Morgan fingerprint density at radius 3 is 2.38 bits per heavy atom. The smallest absolute Gasteiger partial charge is 0.263 e. The SMILES string of the molecule is COc1cc(C)c(S(=O)(=O)Nc2ccc(NC(C)C)cn2)cc1C. The Balaban J connectivity index is 2.27. The number of rotatable bonds is 6. The summed E-state index contributed by atoms with van der Waals surface area (Å²) < 4.78 is 33.0. The van der Waals surface area contributed by atoms with Crippen LogP contribution in [-0.4, -0.2) is 26.6 Å². The largest absolute Gasteiger partial charge is 0.496 e. The number of aromatic nitrogens is 1. The van der Waals surface area contributed by atoms with Crippen LogP contribution in [0.4, 0.5) is 11.5 Å². The molecule has 0 spiro atoms. The minimum atomic E-state index is -3.72. The van der Waals surface area contributed by atoms with E-state index in [0.717, 1.165) is 11.3 Å². The lowest BCUT2D eigenvalue weighted by atomic mass is 10.1. The van der Waals surface area contributed by atoms with Crippen LogP contribution in [0.3, 0.4) is 0 Å². The lowest BCUT2D eigenvalue weighted by Gasteiger charge is -2.14. The first-order chi connectivity index (χ1) is 11.2. The zero-order valence-electron chi connectivity index (χ0n) is 14.5. The second-order valence-corrected chi connectivity index (χ2v) is 7.57. The average molecular weight is 349 g/mol. The summed E-state index contributed by atoms with van der Waals surface area (Å²) in [5, 5.41) is 3.20. The number of pyridine rings is 1. The maximum Gasteiger partial charge on any atom is 0.263 e. The van der Waals surface area contributed by atoms with Crippen LogP contribution in [0, 0.1) is 13.8 Å². The van der Waals surface area contributed by atoms with Gasteiger partial charge >= 0.3 is 0 Å². The second-order valence-electron chi connectivity index (χ2n) is 5.92. The molecule has 0 unspecified atom stereocenters.